The van der Waals surface area contributed by atoms with Gasteiger partial charge in [-0.2, -0.15) is 0 Å². The number of hydrogen-bond acceptors (Lipinski definition) is 0. The molecule has 0 nitrogen and oxygen atoms in total. The highest BCUT2D eigenvalue weighted by Gasteiger charge is 2.23. The van der Waals surface area contributed by atoms with Gasteiger partial charge in [0.05, 0.1) is 0 Å². The summed E-state index contributed by atoms with van der Waals surface area (Å²) in [4.78, 5) is 0. The van der Waals surface area contributed by atoms with Gasteiger partial charge in [0.1, 0.15) is 5.82 Å². The van der Waals surface area contributed by atoms with Crippen LogP contribution in [-0.4, -0.2) is 0 Å². The van der Waals surface area contributed by atoms with Gasteiger partial charge in [0.15, 0.2) is 0 Å². The standard InChI is InChI=1S/C29H37F/c1-3-5-22-8-12-23(13-9-22)24-14-16-26(17-15-24)28-19-18-27(20-29(28)30)25-10-6-21(4-2)7-11-25/h4,14-23,25H,2-3,5-13H2,1H3. The van der Waals surface area contributed by atoms with Crippen molar-refractivity contribution in [2.75, 3.05) is 0 Å². The van der Waals surface area contributed by atoms with Crippen molar-refractivity contribution >= 4 is 0 Å². The molecule has 30 heavy (non-hydrogen) atoms. The van der Waals surface area contributed by atoms with Crippen molar-refractivity contribution in [2.45, 2.75) is 83.0 Å². The van der Waals surface area contributed by atoms with Crippen molar-refractivity contribution < 1.29 is 4.39 Å². The molecule has 2 saturated carbocycles. The van der Waals surface area contributed by atoms with Crippen LogP contribution in [0.2, 0.25) is 0 Å². The molecule has 0 atom stereocenters. The lowest BCUT2D eigenvalue weighted by Gasteiger charge is -2.28. The van der Waals surface area contributed by atoms with Crippen molar-refractivity contribution in [3.8, 4) is 11.1 Å². The number of halogens is 1. The summed E-state index contributed by atoms with van der Waals surface area (Å²) in [6.45, 7) is 6.22. The van der Waals surface area contributed by atoms with E-state index in [0.717, 1.165) is 29.9 Å². The second kappa shape index (κ2) is 9.94. The molecule has 160 valence electrons. The second-order valence-corrected chi connectivity index (χ2v) is 9.72. The second-order valence-electron chi connectivity index (χ2n) is 9.72. The average molecular weight is 405 g/mol. The minimum atomic E-state index is -0.0776. The molecule has 0 N–H and O–H groups in total. The molecule has 2 aromatic carbocycles. The Bertz CT molecular complexity index is 818. The molecule has 2 fully saturated rings. The van der Waals surface area contributed by atoms with Crippen molar-refractivity contribution in [1.29, 1.82) is 0 Å². The molecule has 0 aliphatic heterocycles. The molecule has 4 rings (SSSR count). The zero-order valence-corrected chi connectivity index (χ0v) is 18.6. The van der Waals surface area contributed by atoms with Gasteiger partial charge in [-0.15, -0.1) is 6.58 Å². The van der Waals surface area contributed by atoms with Crippen LogP contribution in [0, 0.1) is 17.7 Å². The summed E-state index contributed by atoms with van der Waals surface area (Å²) in [5, 5.41) is 0. The lowest BCUT2D eigenvalue weighted by molar-refractivity contribution is 0.308. The molecular weight excluding hydrogens is 367 g/mol. The number of rotatable bonds is 6. The van der Waals surface area contributed by atoms with E-state index in [9.17, 15) is 4.39 Å². The Morgan fingerprint density at radius 1 is 0.833 bits per heavy atom. The van der Waals surface area contributed by atoms with Crippen molar-refractivity contribution in [3.05, 3.63) is 72.1 Å². The topological polar surface area (TPSA) is 0 Å². The lowest BCUT2D eigenvalue weighted by Crippen LogP contribution is -2.13. The van der Waals surface area contributed by atoms with Crippen molar-refractivity contribution in [2.24, 2.45) is 11.8 Å². The summed E-state index contributed by atoms with van der Waals surface area (Å²) in [5.74, 6) is 2.68. The SMILES string of the molecule is C=CC1CCC(c2ccc(-c3ccc(C4CCC(CCC)CC4)cc3)c(F)c2)CC1. The van der Waals surface area contributed by atoms with Crippen LogP contribution in [-0.2, 0) is 0 Å². The Labute approximate surface area is 182 Å². The highest BCUT2D eigenvalue weighted by Crippen LogP contribution is 2.39. The van der Waals surface area contributed by atoms with Crippen molar-refractivity contribution in [3.63, 3.8) is 0 Å². The van der Waals surface area contributed by atoms with Crippen LogP contribution in [0.3, 0.4) is 0 Å². The summed E-state index contributed by atoms with van der Waals surface area (Å²) in [6, 6.07) is 14.7. The van der Waals surface area contributed by atoms with Gasteiger partial charge >= 0.3 is 0 Å². The summed E-state index contributed by atoms with van der Waals surface area (Å²) in [5.41, 5.74) is 4.33. The van der Waals surface area contributed by atoms with Gasteiger partial charge in [0, 0.05) is 5.56 Å². The van der Waals surface area contributed by atoms with Crippen LogP contribution in [0.5, 0.6) is 0 Å². The van der Waals surface area contributed by atoms with E-state index in [1.165, 1.54) is 62.5 Å². The highest BCUT2D eigenvalue weighted by atomic mass is 19.1. The maximum absolute atomic E-state index is 15.0. The molecule has 0 unspecified atom stereocenters. The van der Waals surface area contributed by atoms with Crippen LogP contribution < -0.4 is 0 Å². The highest BCUT2D eigenvalue weighted by molar-refractivity contribution is 5.65. The molecule has 0 saturated heterocycles. The van der Waals surface area contributed by atoms with Gasteiger partial charge in [0.25, 0.3) is 0 Å². The van der Waals surface area contributed by atoms with E-state index < -0.39 is 0 Å². The molecule has 0 bridgehead atoms. The van der Waals surface area contributed by atoms with Gasteiger partial charge in [-0.3, -0.25) is 0 Å². The summed E-state index contributed by atoms with van der Waals surface area (Å²) in [7, 11) is 0. The first-order valence-corrected chi connectivity index (χ1v) is 12.2. The first-order chi connectivity index (χ1) is 14.7. The summed E-state index contributed by atoms with van der Waals surface area (Å²) >= 11 is 0. The fourth-order valence-corrected chi connectivity index (χ4v) is 5.84. The summed E-state index contributed by atoms with van der Waals surface area (Å²) in [6.07, 6.45) is 14.8. The maximum Gasteiger partial charge on any atom is 0.131 e. The first kappa shape index (κ1) is 21.3. The molecule has 0 heterocycles. The Morgan fingerprint density at radius 2 is 1.43 bits per heavy atom. The van der Waals surface area contributed by atoms with Gasteiger partial charge in [-0.1, -0.05) is 62.2 Å². The van der Waals surface area contributed by atoms with Crippen LogP contribution in [0.25, 0.3) is 11.1 Å². The fraction of sp³-hybridized carbons (Fsp3) is 0.517. The normalized spacial score (nSPS) is 27.0. The quantitative estimate of drug-likeness (QED) is 0.421. The van der Waals surface area contributed by atoms with Crippen LogP contribution in [0.1, 0.15) is 94.1 Å². The number of allylic oxidation sites excluding steroid dienone is 1. The molecular formula is C29H37F. The Hall–Kier alpha value is -1.89. The zero-order valence-electron chi connectivity index (χ0n) is 18.6. The molecule has 0 radical (unpaired) electrons. The third-order valence-corrected chi connectivity index (χ3v) is 7.81. The molecule has 2 aliphatic rings. The third-order valence-electron chi connectivity index (χ3n) is 7.81. The maximum atomic E-state index is 15.0. The lowest BCUT2D eigenvalue weighted by atomic mass is 9.77. The predicted molar refractivity (Wildman–Crippen MR) is 126 cm³/mol. The molecule has 1 heteroatoms. The van der Waals surface area contributed by atoms with E-state index in [-0.39, 0.29) is 5.82 Å². The number of hydrogen-bond donors (Lipinski definition) is 0. The van der Waals surface area contributed by atoms with Gasteiger partial charge in [-0.25, -0.2) is 4.39 Å². The van der Waals surface area contributed by atoms with Crippen LogP contribution >= 0.6 is 0 Å². The molecule has 2 aromatic rings. The predicted octanol–water partition coefficient (Wildman–Crippen LogP) is 9.03. The van der Waals surface area contributed by atoms with Crippen LogP contribution in [0.15, 0.2) is 55.1 Å². The Kier molecular flexibility index (Phi) is 7.08. The van der Waals surface area contributed by atoms with Gasteiger partial charge in [-0.05, 0) is 97.8 Å². The third kappa shape index (κ3) is 4.88. The van der Waals surface area contributed by atoms with E-state index in [2.05, 4.69) is 49.9 Å². The Balaban J connectivity index is 1.41. The molecule has 0 spiro atoms. The molecule has 2 aliphatic carbocycles. The minimum Gasteiger partial charge on any atom is -0.206 e. The van der Waals surface area contributed by atoms with E-state index >= 15 is 0 Å². The monoisotopic (exact) mass is 404 g/mol. The smallest absolute Gasteiger partial charge is 0.131 e. The van der Waals surface area contributed by atoms with Gasteiger partial charge < -0.3 is 0 Å². The zero-order chi connectivity index (χ0) is 20.9. The van der Waals surface area contributed by atoms with E-state index in [1.54, 1.807) is 6.07 Å². The van der Waals surface area contributed by atoms with E-state index in [4.69, 9.17) is 0 Å². The van der Waals surface area contributed by atoms with Gasteiger partial charge in [0.2, 0.25) is 0 Å². The first-order valence-electron chi connectivity index (χ1n) is 12.2. The van der Waals surface area contributed by atoms with E-state index in [0.29, 0.717) is 17.8 Å². The largest absolute Gasteiger partial charge is 0.206 e. The van der Waals surface area contributed by atoms with Crippen LogP contribution in [0.4, 0.5) is 4.39 Å². The summed E-state index contributed by atoms with van der Waals surface area (Å²) < 4.78 is 15.0. The Morgan fingerprint density at radius 3 is 2.03 bits per heavy atom. The number of benzene rings is 2. The fourth-order valence-electron chi connectivity index (χ4n) is 5.84. The average Bonchev–Trinajstić information content (AvgIpc) is 2.80. The minimum absolute atomic E-state index is 0.0776. The molecule has 0 aromatic heterocycles. The van der Waals surface area contributed by atoms with E-state index in [1.807, 2.05) is 6.07 Å². The molecule has 0 amide bonds. The van der Waals surface area contributed by atoms with Crippen molar-refractivity contribution in [1.82, 2.24) is 0 Å².